The third-order valence-electron chi connectivity index (χ3n) is 5.00. The molecule has 0 unspecified atom stereocenters. The smallest absolute Gasteiger partial charge is 0.339 e. The van der Waals surface area contributed by atoms with Crippen LogP contribution >= 0.6 is 0 Å². The zero-order valence-electron chi connectivity index (χ0n) is 17.0. The average molecular weight is 407 g/mol. The number of methoxy groups -OCH3 is 1. The van der Waals surface area contributed by atoms with Gasteiger partial charge in [-0.3, -0.25) is 4.79 Å². The van der Waals surface area contributed by atoms with Crippen LogP contribution in [-0.2, 0) is 33.2 Å². The lowest BCUT2D eigenvalue weighted by Crippen LogP contribution is -2.58. The molecule has 3 fully saturated rings. The first-order chi connectivity index (χ1) is 13.6. The fourth-order valence-electron chi connectivity index (χ4n) is 3.91. The van der Waals surface area contributed by atoms with Crippen molar-refractivity contribution in [3.8, 4) is 0 Å². The Morgan fingerprint density at radius 3 is 2.28 bits per heavy atom. The summed E-state index contributed by atoms with van der Waals surface area (Å²) < 4.78 is 34.4. The highest BCUT2D eigenvalue weighted by Crippen LogP contribution is 2.44. The molecule has 0 aromatic heterocycles. The number of para-hydroxylation sites is 1. The highest BCUT2D eigenvalue weighted by molar-refractivity contribution is 6.02. The molecule has 0 saturated carbocycles. The first kappa shape index (κ1) is 20.2. The second-order valence-electron chi connectivity index (χ2n) is 8.12. The number of fused-ring (bicyclic) bond motifs is 3. The zero-order chi connectivity index (χ0) is 21.0. The lowest BCUT2D eigenvalue weighted by Gasteiger charge is -2.36. The molecule has 3 heterocycles. The summed E-state index contributed by atoms with van der Waals surface area (Å²) in [4.78, 5) is 25.1. The van der Waals surface area contributed by atoms with E-state index in [0.717, 1.165) is 0 Å². The maximum absolute atomic E-state index is 13.1. The lowest BCUT2D eigenvalue weighted by molar-refractivity contribution is -0.229. The number of benzene rings is 1. The number of amides is 1. The first-order valence-corrected chi connectivity index (χ1v) is 9.45. The van der Waals surface area contributed by atoms with Gasteiger partial charge in [-0.2, -0.15) is 0 Å². The second kappa shape index (κ2) is 7.03. The van der Waals surface area contributed by atoms with Crippen LogP contribution in [0.5, 0.6) is 0 Å². The van der Waals surface area contributed by atoms with Crippen molar-refractivity contribution in [3.05, 3.63) is 29.8 Å². The van der Waals surface area contributed by atoms with Crippen molar-refractivity contribution >= 4 is 17.6 Å². The van der Waals surface area contributed by atoms with Crippen LogP contribution < -0.4 is 5.32 Å². The molecule has 1 amide bonds. The van der Waals surface area contributed by atoms with Gasteiger partial charge in [-0.1, -0.05) is 12.1 Å². The Balaban J connectivity index is 1.59. The van der Waals surface area contributed by atoms with E-state index in [1.165, 1.54) is 7.11 Å². The summed E-state index contributed by atoms with van der Waals surface area (Å²) in [6.07, 6.45) is -3.57. The summed E-state index contributed by atoms with van der Waals surface area (Å²) in [6.45, 7) is 7.07. The molecule has 3 aliphatic heterocycles. The summed E-state index contributed by atoms with van der Waals surface area (Å²) in [5, 5.41) is 2.74. The van der Waals surface area contributed by atoms with Crippen molar-refractivity contribution in [2.75, 3.05) is 12.4 Å². The Morgan fingerprint density at radius 2 is 1.55 bits per heavy atom. The number of ether oxygens (including phenoxy) is 6. The molecule has 0 aliphatic carbocycles. The normalized spacial score (nSPS) is 34.2. The van der Waals surface area contributed by atoms with E-state index in [4.69, 9.17) is 28.4 Å². The quantitative estimate of drug-likeness (QED) is 0.757. The lowest BCUT2D eigenvalue weighted by atomic mass is 9.98. The van der Waals surface area contributed by atoms with Gasteiger partial charge in [0.15, 0.2) is 24.0 Å². The predicted octanol–water partition coefficient (Wildman–Crippen LogP) is 1.81. The van der Waals surface area contributed by atoms with Crippen LogP contribution in [0.15, 0.2) is 24.3 Å². The molecule has 4 rings (SSSR count). The average Bonchev–Trinajstić information content (AvgIpc) is 3.14. The summed E-state index contributed by atoms with van der Waals surface area (Å²) in [5.41, 5.74) is 0.549. The number of esters is 1. The maximum Gasteiger partial charge on any atom is 0.339 e. The Labute approximate surface area is 168 Å². The molecule has 9 heteroatoms. The van der Waals surface area contributed by atoms with Gasteiger partial charge in [-0.05, 0) is 39.8 Å². The molecule has 3 saturated heterocycles. The van der Waals surface area contributed by atoms with Crippen LogP contribution in [0.1, 0.15) is 38.1 Å². The van der Waals surface area contributed by atoms with Crippen molar-refractivity contribution < 1.29 is 38.0 Å². The number of hydrogen-bond acceptors (Lipinski definition) is 8. The molecule has 0 bridgehead atoms. The van der Waals surface area contributed by atoms with E-state index in [-0.39, 0.29) is 5.56 Å². The fourth-order valence-corrected chi connectivity index (χ4v) is 3.91. The zero-order valence-corrected chi connectivity index (χ0v) is 17.0. The summed E-state index contributed by atoms with van der Waals surface area (Å²) >= 11 is 0. The van der Waals surface area contributed by atoms with Crippen LogP contribution in [0.25, 0.3) is 0 Å². The van der Waals surface area contributed by atoms with Crippen molar-refractivity contribution in [2.45, 2.75) is 70.0 Å². The van der Waals surface area contributed by atoms with Gasteiger partial charge in [0.25, 0.3) is 5.91 Å². The molecule has 3 aliphatic rings. The highest BCUT2D eigenvalue weighted by atomic mass is 16.9. The van der Waals surface area contributed by atoms with Crippen molar-refractivity contribution in [1.29, 1.82) is 0 Å². The van der Waals surface area contributed by atoms with E-state index >= 15 is 0 Å². The SMILES string of the molecule is COC(=O)c1ccccc1NC(=O)[C@@H]1O[C@@H]2OC(C)(C)O[C@@H]2[C@@H]2OC(C)(C)O[C@H]21. The molecule has 5 atom stereocenters. The van der Waals surface area contributed by atoms with Crippen LogP contribution in [0, 0.1) is 0 Å². The number of rotatable bonds is 3. The van der Waals surface area contributed by atoms with Crippen molar-refractivity contribution in [3.63, 3.8) is 0 Å². The molecule has 29 heavy (non-hydrogen) atoms. The molecule has 0 spiro atoms. The number of anilines is 1. The maximum atomic E-state index is 13.1. The molecule has 1 N–H and O–H groups in total. The number of carbonyl (C=O) groups is 2. The van der Waals surface area contributed by atoms with Crippen LogP contribution in [-0.4, -0.2) is 61.3 Å². The standard InChI is InChI=1S/C20H25NO8/c1-19(2)26-12-13(27-19)15-18(29-20(3,4)28-15)25-14(12)16(22)21-11-9-7-6-8-10(11)17(23)24-5/h6-9,12-15,18H,1-5H3,(H,21,22)/t12-,13-,14-,15-,18-/m1/s1. The largest absolute Gasteiger partial charge is 0.465 e. The molecule has 158 valence electrons. The van der Waals surface area contributed by atoms with Gasteiger partial charge in [0.1, 0.15) is 18.3 Å². The minimum absolute atomic E-state index is 0.235. The van der Waals surface area contributed by atoms with Crippen molar-refractivity contribution in [1.82, 2.24) is 0 Å². The van der Waals surface area contributed by atoms with E-state index in [0.29, 0.717) is 5.69 Å². The monoisotopic (exact) mass is 407 g/mol. The van der Waals surface area contributed by atoms with Gasteiger partial charge < -0.3 is 33.7 Å². The number of carbonyl (C=O) groups excluding carboxylic acids is 2. The van der Waals surface area contributed by atoms with Gasteiger partial charge in [-0.25, -0.2) is 4.79 Å². The second-order valence-corrected chi connectivity index (χ2v) is 8.12. The van der Waals surface area contributed by atoms with Gasteiger partial charge in [0, 0.05) is 0 Å². The number of hydrogen-bond donors (Lipinski definition) is 1. The molecule has 9 nitrogen and oxygen atoms in total. The fraction of sp³-hybridized carbons (Fsp3) is 0.600. The number of nitrogens with one attached hydrogen (secondary N) is 1. The molecule has 1 aromatic carbocycles. The minimum Gasteiger partial charge on any atom is -0.465 e. The first-order valence-electron chi connectivity index (χ1n) is 9.45. The van der Waals surface area contributed by atoms with E-state index in [2.05, 4.69) is 5.32 Å². The Morgan fingerprint density at radius 1 is 0.931 bits per heavy atom. The molecular weight excluding hydrogens is 382 g/mol. The Kier molecular flexibility index (Phi) is 4.91. The predicted molar refractivity (Wildman–Crippen MR) is 98.9 cm³/mol. The van der Waals surface area contributed by atoms with Gasteiger partial charge in [0.2, 0.25) is 0 Å². The Hall–Kier alpha value is -2.04. The van der Waals surface area contributed by atoms with E-state index in [9.17, 15) is 9.59 Å². The van der Waals surface area contributed by atoms with Crippen LogP contribution in [0.4, 0.5) is 5.69 Å². The Bertz CT molecular complexity index is 822. The third kappa shape index (κ3) is 3.76. The van der Waals surface area contributed by atoms with E-state index in [1.807, 2.05) is 0 Å². The summed E-state index contributed by atoms with van der Waals surface area (Å²) in [7, 11) is 1.28. The molecular formula is C20H25NO8. The topological polar surface area (TPSA) is 102 Å². The summed E-state index contributed by atoms with van der Waals surface area (Å²) in [6, 6.07) is 6.57. The van der Waals surface area contributed by atoms with Gasteiger partial charge in [-0.15, -0.1) is 0 Å². The van der Waals surface area contributed by atoms with Gasteiger partial charge >= 0.3 is 5.97 Å². The van der Waals surface area contributed by atoms with Gasteiger partial charge in [0.05, 0.1) is 18.4 Å². The highest BCUT2D eigenvalue weighted by Gasteiger charge is 2.62. The van der Waals surface area contributed by atoms with E-state index < -0.39 is 54.2 Å². The molecule has 1 aromatic rings. The van der Waals surface area contributed by atoms with Crippen LogP contribution in [0.3, 0.4) is 0 Å². The summed E-state index contributed by atoms with van der Waals surface area (Å²) in [5.74, 6) is -2.83. The van der Waals surface area contributed by atoms with Crippen LogP contribution in [0.2, 0.25) is 0 Å². The molecule has 0 radical (unpaired) electrons. The van der Waals surface area contributed by atoms with Crippen molar-refractivity contribution in [2.24, 2.45) is 0 Å². The van der Waals surface area contributed by atoms with E-state index in [1.54, 1.807) is 52.0 Å². The third-order valence-corrected chi connectivity index (χ3v) is 5.00. The minimum atomic E-state index is -1.02.